The molecule has 0 aliphatic heterocycles. The molecule has 2 N–H and O–H groups in total. The third kappa shape index (κ3) is 5.79. The van der Waals surface area contributed by atoms with Gasteiger partial charge in [-0.05, 0) is 29.5 Å². The molecule has 2 rings (SSSR count). The van der Waals surface area contributed by atoms with Gasteiger partial charge in [-0.25, -0.2) is 0 Å². The number of hydrogen-bond donors (Lipinski definition) is 2. The first-order chi connectivity index (χ1) is 10.6. The number of nitro benzene ring substituents is 1. The zero-order chi connectivity index (χ0) is 15.9. The molecule has 2 aromatic rings. The summed E-state index contributed by atoms with van der Waals surface area (Å²) in [5.74, 6) is 0.700. The molecule has 1 aromatic carbocycles. The van der Waals surface area contributed by atoms with E-state index in [-0.39, 0.29) is 29.7 Å². The molecule has 124 valence electrons. The van der Waals surface area contributed by atoms with E-state index in [4.69, 9.17) is 0 Å². The van der Waals surface area contributed by atoms with Crippen molar-refractivity contribution >= 4 is 47.0 Å². The van der Waals surface area contributed by atoms with Gasteiger partial charge in [0.15, 0.2) is 5.96 Å². The number of rotatable bonds is 5. The van der Waals surface area contributed by atoms with Gasteiger partial charge in [0, 0.05) is 30.6 Å². The average Bonchev–Trinajstić information content (AvgIpc) is 2.93. The molecule has 0 aliphatic rings. The van der Waals surface area contributed by atoms with Crippen LogP contribution in [0.25, 0.3) is 0 Å². The van der Waals surface area contributed by atoms with Gasteiger partial charge in [0.1, 0.15) is 0 Å². The minimum absolute atomic E-state index is 0. The molecular formula is C15H19IN4O2S. The Kier molecular flexibility index (Phi) is 7.96. The summed E-state index contributed by atoms with van der Waals surface area (Å²) >= 11 is 1.71. The van der Waals surface area contributed by atoms with Crippen LogP contribution in [0.1, 0.15) is 16.0 Å². The number of benzene rings is 1. The van der Waals surface area contributed by atoms with E-state index in [1.807, 2.05) is 0 Å². The molecule has 0 atom stereocenters. The van der Waals surface area contributed by atoms with Crippen LogP contribution in [0.3, 0.4) is 0 Å². The van der Waals surface area contributed by atoms with Crippen molar-refractivity contribution in [3.05, 3.63) is 61.8 Å². The fourth-order valence-corrected chi connectivity index (χ4v) is 2.74. The Hall–Kier alpha value is -1.68. The van der Waals surface area contributed by atoms with Crippen LogP contribution in [-0.4, -0.2) is 17.9 Å². The number of aliphatic imine (C=N–C) groups is 1. The molecule has 1 heterocycles. The summed E-state index contributed by atoms with van der Waals surface area (Å²) in [6.07, 6.45) is 0. The van der Waals surface area contributed by atoms with Crippen LogP contribution >= 0.6 is 35.3 Å². The van der Waals surface area contributed by atoms with Gasteiger partial charge >= 0.3 is 0 Å². The molecule has 0 saturated heterocycles. The van der Waals surface area contributed by atoms with Crippen molar-refractivity contribution in [2.75, 3.05) is 7.05 Å². The first kappa shape index (κ1) is 19.4. The Morgan fingerprint density at radius 3 is 2.39 bits per heavy atom. The second-order valence-electron chi connectivity index (χ2n) is 4.73. The Bertz CT molecular complexity index is 670. The monoisotopic (exact) mass is 446 g/mol. The summed E-state index contributed by atoms with van der Waals surface area (Å²) in [7, 11) is 1.71. The number of guanidine groups is 1. The van der Waals surface area contributed by atoms with Crippen LogP contribution < -0.4 is 10.6 Å². The largest absolute Gasteiger partial charge is 0.352 e. The molecular weight excluding hydrogens is 427 g/mol. The van der Waals surface area contributed by atoms with Gasteiger partial charge < -0.3 is 10.6 Å². The summed E-state index contributed by atoms with van der Waals surface area (Å²) in [6, 6.07) is 8.57. The number of thiophene rings is 1. The van der Waals surface area contributed by atoms with E-state index in [9.17, 15) is 10.1 Å². The lowest BCUT2D eigenvalue weighted by atomic mass is 10.2. The number of aryl methyl sites for hydroxylation is 1. The highest BCUT2D eigenvalue weighted by molar-refractivity contribution is 14.0. The third-order valence-electron chi connectivity index (χ3n) is 3.22. The van der Waals surface area contributed by atoms with Gasteiger partial charge in [-0.3, -0.25) is 15.1 Å². The number of non-ortho nitro benzene ring substituents is 1. The lowest BCUT2D eigenvalue weighted by molar-refractivity contribution is -0.384. The highest BCUT2D eigenvalue weighted by atomic mass is 127. The van der Waals surface area contributed by atoms with Crippen molar-refractivity contribution in [3.63, 3.8) is 0 Å². The van der Waals surface area contributed by atoms with E-state index >= 15 is 0 Å². The Morgan fingerprint density at radius 2 is 1.87 bits per heavy atom. The average molecular weight is 446 g/mol. The predicted molar refractivity (Wildman–Crippen MR) is 105 cm³/mol. The molecule has 0 unspecified atom stereocenters. The van der Waals surface area contributed by atoms with Crippen LogP contribution in [0.15, 0.2) is 40.7 Å². The maximum atomic E-state index is 10.6. The van der Waals surface area contributed by atoms with Crippen molar-refractivity contribution in [3.8, 4) is 0 Å². The summed E-state index contributed by atoms with van der Waals surface area (Å²) in [4.78, 5) is 15.7. The van der Waals surface area contributed by atoms with Crippen molar-refractivity contribution < 1.29 is 4.92 Å². The Balaban J connectivity index is 0.00000264. The molecule has 23 heavy (non-hydrogen) atoms. The van der Waals surface area contributed by atoms with E-state index in [1.54, 1.807) is 30.5 Å². The molecule has 0 aliphatic carbocycles. The number of halogens is 1. The SMILES string of the molecule is CN=C(NCc1ccc([N+](=O)[O-])cc1)NCc1sccc1C.I. The fraction of sp³-hybridized carbons (Fsp3) is 0.267. The van der Waals surface area contributed by atoms with Crippen molar-refractivity contribution in [2.45, 2.75) is 20.0 Å². The molecule has 1 aromatic heterocycles. The van der Waals surface area contributed by atoms with Gasteiger partial charge in [-0.15, -0.1) is 35.3 Å². The zero-order valence-corrected chi connectivity index (χ0v) is 16.1. The minimum Gasteiger partial charge on any atom is -0.352 e. The minimum atomic E-state index is -0.402. The predicted octanol–water partition coefficient (Wildman–Crippen LogP) is 3.45. The Morgan fingerprint density at radius 1 is 1.22 bits per heavy atom. The van der Waals surface area contributed by atoms with Crippen molar-refractivity contribution in [1.29, 1.82) is 0 Å². The third-order valence-corrected chi connectivity index (χ3v) is 4.24. The zero-order valence-electron chi connectivity index (χ0n) is 12.9. The van der Waals surface area contributed by atoms with Gasteiger partial charge in [-0.2, -0.15) is 0 Å². The van der Waals surface area contributed by atoms with E-state index in [2.05, 4.69) is 34.0 Å². The molecule has 0 spiro atoms. The van der Waals surface area contributed by atoms with Gasteiger partial charge in [-0.1, -0.05) is 12.1 Å². The van der Waals surface area contributed by atoms with E-state index in [0.29, 0.717) is 12.5 Å². The molecule has 8 heteroatoms. The lowest BCUT2D eigenvalue weighted by Crippen LogP contribution is -2.36. The van der Waals surface area contributed by atoms with Crippen LogP contribution in [0, 0.1) is 17.0 Å². The molecule has 0 bridgehead atoms. The molecule has 0 radical (unpaired) electrons. The normalized spacial score (nSPS) is 10.8. The molecule has 6 nitrogen and oxygen atoms in total. The number of hydrogen-bond acceptors (Lipinski definition) is 4. The van der Waals surface area contributed by atoms with Gasteiger partial charge in [0.25, 0.3) is 5.69 Å². The lowest BCUT2D eigenvalue weighted by Gasteiger charge is -2.11. The van der Waals surface area contributed by atoms with E-state index in [1.165, 1.54) is 22.6 Å². The fourth-order valence-electron chi connectivity index (χ4n) is 1.89. The van der Waals surface area contributed by atoms with Crippen molar-refractivity contribution in [1.82, 2.24) is 10.6 Å². The summed E-state index contributed by atoms with van der Waals surface area (Å²) in [5, 5.41) is 19.1. The molecule has 0 amide bonds. The van der Waals surface area contributed by atoms with Crippen LogP contribution in [0.5, 0.6) is 0 Å². The highest BCUT2D eigenvalue weighted by Crippen LogP contribution is 2.15. The number of nitrogens with zero attached hydrogens (tertiary/aromatic N) is 2. The summed E-state index contributed by atoms with van der Waals surface area (Å²) in [5.41, 5.74) is 2.32. The van der Waals surface area contributed by atoms with Crippen LogP contribution in [-0.2, 0) is 13.1 Å². The maximum absolute atomic E-state index is 10.6. The maximum Gasteiger partial charge on any atom is 0.269 e. The standard InChI is InChI=1S/C15H18N4O2S.HI/c1-11-7-8-22-14(11)10-18-15(16-2)17-9-12-3-5-13(6-4-12)19(20)21;/h3-8H,9-10H2,1-2H3,(H2,16,17,18);1H. The smallest absolute Gasteiger partial charge is 0.269 e. The van der Waals surface area contributed by atoms with Gasteiger partial charge in [0.2, 0.25) is 0 Å². The molecule has 0 fully saturated rings. The van der Waals surface area contributed by atoms with E-state index in [0.717, 1.165) is 12.1 Å². The topological polar surface area (TPSA) is 79.6 Å². The highest BCUT2D eigenvalue weighted by Gasteiger charge is 2.05. The quantitative estimate of drug-likeness (QED) is 0.243. The van der Waals surface area contributed by atoms with Crippen LogP contribution in [0.2, 0.25) is 0 Å². The number of nitrogens with one attached hydrogen (secondary N) is 2. The van der Waals surface area contributed by atoms with Gasteiger partial charge in [0.05, 0.1) is 11.5 Å². The second kappa shape index (κ2) is 9.46. The first-order valence-corrected chi connectivity index (χ1v) is 7.69. The van der Waals surface area contributed by atoms with Crippen LogP contribution in [0.4, 0.5) is 5.69 Å². The molecule has 0 saturated carbocycles. The number of nitro groups is 1. The van der Waals surface area contributed by atoms with Crippen molar-refractivity contribution in [2.24, 2.45) is 4.99 Å². The second-order valence-corrected chi connectivity index (χ2v) is 5.73. The summed E-state index contributed by atoms with van der Waals surface area (Å²) in [6.45, 7) is 3.37. The Labute approximate surface area is 156 Å². The first-order valence-electron chi connectivity index (χ1n) is 6.81. The van der Waals surface area contributed by atoms with E-state index < -0.39 is 4.92 Å². The summed E-state index contributed by atoms with van der Waals surface area (Å²) < 4.78 is 0.